The molecule has 0 spiro atoms. The number of nitrogens with two attached hydrogens (primary N) is 1. The molecule has 1 rings (SSSR count). The number of carboxylic acid groups (broad SMARTS) is 1. The van der Waals surface area contributed by atoms with Crippen molar-refractivity contribution in [3.05, 3.63) is 24.0 Å². The van der Waals surface area contributed by atoms with Gasteiger partial charge in [-0.15, -0.1) is 0 Å². The van der Waals surface area contributed by atoms with Crippen molar-refractivity contribution >= 4 is 23.6 Å². The summed E-state index contributed by atoms with van der Waals surface area (Å²) in [6.07, 6.45) is 1.08. The monoisotopic (exact) mass is 266 g/mol. The van der Waals surface area contributed by atoms with Crippen LogP contribution in [0.2, 0.25) is 0 Å². The van der Waals surface area contributed by atoms with E-state index in [-0.39, 0.29) is 0 Å². The molecule has 8 heteroatoms. The van der Waals surface area contributed by atoms with Crippen LogP contribution in [0.25, 0.3) is 0 Å². The molecule has 0 aliphatic rings. The summed E-state index contributed by atoms with van der Waals surface area (Å²) in [4.78, 5) is 37.1. The van der Waals surface area contributed by atoms with E-state index in [1.165, 1.54) is 0 Å². The van der Waals surface area contributed by atoms with Crippen LogP contribution in [0.5, 0.6) is 0 Å². The Bertz CT molecular complexity index is 503. The number of aryl methyl sites for hydroxylation is 1. The van der Waals surface area contributed by atoms with Crippen molar-refractivity contribution in [2.24, 2.45) is 5.73 Å². The van der Waals surface area contributed by atoms with Gasteiger partial charge in [-0.05, 0) is 19.1 Å². The lowest BCUT2D eigenvalue weighted by Crippen LogP contribution is -2.45. The lowest BCUT2D eigenvalue weighted by molar-refractivity contribution is -0.140. The fourth-order valence-corrected chi connectivity index (χ4v) is 1.33. The lowest BCUT2D eigenvalue weighted by Gasteiger charge is -2.14. The molecule has 1 aromatic heterocycles. The number of rotatable bonds is 5. The van der Waals surface area contributed by atoms with Crippen molar-refractivity contribution in [2.75, 3.05) is 5.32 Å². The van der Waals surface area contributed by atoms with Gasteiger partial charge in [0.15, 0.2) is 0 Å². The molecular weight excluding hydrogens is 252 g/mol. The number of aliphatic carboxylic acids is 1. The molecule has 0 saturated heterocycles. The van der Waals surface area contributed by atoms with Gasteiger partial charge in [0.05, 0.1) is 17.8 Å². The zero-order valence-corrected chi connectivity index (χ0v) is 10.2. The first-order valence-corrected chi connectivity index (χ1v) is 5.40. The van der Waals surface area contributed by atoms with Crippen LogP contribution in [0.4, 0.5) is 10.5 Å². The maximum absolute atomic E-state index is 11.6. The number of hydrogen-bond donors (Lipinski definition) is 4. The first kappa shape index (κ1) is 14.4. The Labute approximate surface area is 109 Å². The minimum absolute atomic E-state index is 0.447. The van der Waals surface area contributed by atoms with Crippen LogP contribution in [-0.4, -0.2) is 34.0 Å². The number of aromatic nitrogens is 1. The van der Waals surface area contributed by atoms with Crippen LogP contribution in [0.3, 0.4) is 0 Å². The van der Waals surface area contributed by atoms with Gasteiger partial charge in [-0.25, -0.2) is 9.59 Å². The molecule has 5 N–H and O–H groups in total. The van der Waals surface area contributed by atoms with E-state index in [2.05, 4.69) is 15.6 Å². The highest BCUT2D eigenvalue weighted by Crippen LogP contribution is 2.09. The Morgan fingerprint density at radius 2 is 2.16 bits per heavy atom. The highest BCUT2D eigenvalue weighted by atomic mass is 16.4. The fourth-order valence-electron chi connectivity index (χ4n) is 1.33. The summed E-state index contributed by atoms with van der Waals surface area (Å²) in [5.74, 6) is -2.15. The second-order valence-corrected chi connectivity index (χ2v) is 3.80. The zero-order valence-electron chi connectivity index (χ0n) is 10.2. The zero-order chi connectivity index (χ0) is 14.4. The molecule has 3 amide bonds. The van der Waals surface area contributed by atoms with E-state index in [9.17, 15) is 14.4 Å². The summed E-state index contributed by atoms with van der Waals surface area (Å²) in [6, 6.07) is 1.13. The minimum atomic E-state index is -1.37. The second-order valence-electron chi connectivity index (χ2n) is 3.80. The number of hydrogen-bond acceptors (Lipinski definition) is 4. The lowest BCUT2D eigenvalue weighted by atomic mass is 10.2. The summed E-state index contributed by atoms with van der Waals surface area (Å²) < 4.78 is 0. The number of carbonyl (C=O) groups is 3. The molecule has 19 heavy (non-hydrogen) atoms. The smallest absolute Gasteiger partial charge is 0.326 e. The van der Waals surface area contributed by atoms with Crippen molar-refractivity contribution in [2.45, 2.75) is 19.4 Å². The van der Waals surface area contributed by atoms with Crippen molar-refractivity contribution in [1.29, 1.82) is 0 Å². The predicted octanol–water partition coefficient (Wildman–Crippen LogP) is -0.160. The number of anilines is 1. The number of carboxylic acids is 1. The summed E-state index contributed by atoms with van der Waals surface area (Å²) in [6.45, 7) is 1.69. The van der Waals surface area contributed by atoms with Gasteiger partial charge in [0.1, 0.15) is 6.04 Å². The number of urea groups is 1. The van der Waals surface area contributed by atoms with Crippen LogP contribution in [0.15, 0.2) is 18.3 Å². The van der Waals surface area contributed by atoms with Crippen LogP contribution in [0, 0.1) is 6.92 Å². The summed E-state index contributed by atoms with van der Waals surface area (Å²) in [5, 5.41) is 13.4. The maximum atomic E-state index is 11.6. The van der Waals surface area contributed by atoms with Crippen molar-refractivity contribution in [3.8, 4) is 0 Å². The molecule has 1 atom stereocenters. The largest absolute Gasteiger partial charge is 0.480 e. The van der Waals surface area contributed by atoms with Gasteiger partial charge in [0.25, 0.3) is 0 Å². The molecule has 0 aromatic carbocycles. The molecular formula is C11H14N4O4. The number of pyridine rings is 1. The Morgan fingerprint density at radius 3 is 2.68 bits per heavy atom. The van der Waals surface area contributed by atoms with Crippen LogP contribution >= 0.6 is 0 Å². The standard InChI is InChI=1S/C11H14N4O4/c1-6-7(3-2-4-13-6)14-11(19)15-8(10(17)18)5-9(12)16/h2-4,8H,5H2,1H3,(H2,12,16)(H,17,18)(H2,14,15,19). The Kier molecular flexibility index (Phi) is 4.81. The van der Waals surface area contributed by atoms with Gasteiger partial charge in [0.2, 0.25) is 5.91 Å². The first-order chi connectivity index (χ1) is 8.90. The van der Waals surface area contributed by atoms with E-state index in [1.807, 2.05) is 0 Å². The van der Waals surface area contributed by atoms with E-state index in [4.69, 9.17) is 10.8 Å². The van der Waals surface area contributed by atoms with Crippen LogP contribution in [0.1, 0.15) is 12.1 Å². The number of carbonyl (C=O) groups excluding carboxylic acids is 2. The van der Waals surface area contributed by atoms with E-state index in [1.54, 1.807) is 25.3 Å². The molecule has 0 radical (unpaired) electrons. The summed E-state index contributed by atoms with van der Waals surface area (Å²) in [7, 11) is 0. The molecule has 1 unspecified atom stereocenters. The third kappa shape index (κ3) is 4.62. The highest BCUT2D eigenvalue weighted by Gasteiger charge is 2.22. The van der Waals surface area contributed by atoms with E-state index in [0.717, 1.165) is 0 Å². The van der Waals surface area contributed by atoms with E-state index >= 15 is 0 Å². The highest BCUT2D eigenvalue weighted by molar-refractivity contribution is 5.94. The first-order valence-electron chi connectivity index (χ1n) is 5.40. The molecule has 0 fully saturated rings. The van der Waals surface area contributed by atoms with Gasteiger partial charge in [-0.3, -0.25) is 9.78 Å². The van der Waals surface area contributed by atoms with Gasteiger partial charge >= 0.3 is 12.0 Å². The Hall–Kier alpha value is -2.64. The molecule has 0 aliphatic carbocycles. The SMILES string of the molecule is Cc1ncccc1NC(=O)NC(CC(N)=O)C(=O)O. The third-order valence-corrected chi connectivity index (χ3v) is 2.26. The fraction of sp³-hybridized carbons (Fsp3) is 0.273. The molecule has 8 nitrogen and oxygen atoms in total. The Balaban J connectivity index is 2.65. The third-order valence-electron chi connectivity index (χ3n) is 2.26. The number of primary amides is 1. The number of nitrogens with one attached hydrogen (secondary N) is 2. The molecule has 1 heterocycles. The molecule has 102 valence electrons. The second kappa shape index (κ2) is 6.34. The quantitative estimate of drug-likeness (QED) is 0.587. The van der Waals surface area contributed by atoms with Crippen molar-refractivity contribution in [3.63, 3.8) is 0 Å². The van der Waals surface area contributed by atoms with E-state index in [0.29, 0.717) is 11.4 Å². The minimum Gasteiger partial charge on any atom is -0.480 e. The van der Waals surface area contributed by atoms with Crippen LogP contribution < -0.4 is 16.4 Å². The summed E-state index contributed by atoms with van der Waals surface area (Å²) >= 11 is 0. The van der Waals surface area contributed by atoms with Crippen molar-refractivity contribution < 1.29 is 19.5 Å². The maximum Gasteiger partial charge on any atom is 0.326 e. The summed E-state index contributed by atoms with van der Waals surface area (Å²) in [5.41, 5.74) is 5.93. The van der Waals surface area contributed by atoms with Gasteiger partial charge in [-0.2, -0.15) is 0 Å². The van der Waals surface area contributed by atoms with E-state index < -0.39 is 30.4 Å². The average Bonchev–Trinajstić information content (AvgIpc) is 2.30. The predicted molar refractivity (Wildman–Crippen MR) is 66.4 cm³/mol. The number of amides is 3. The Morgan fingerprint density at radius 1 is 1.47 bits per heavy atom. The normalized spacial score (nSPS) is 11.4. The average molecular weight is 266 g/mol. The van der Waals surface area contributed by atoms with Gasteiger partial charge in [-0.1, -0.05) is 0 Å². The topological polar surface area (TPSA) is 134 Å². The van der Waals surface area contributed by atoms with Crippen LogP contribution in [-0.2, 0) is 9.59 Å². The van der Waals surface area contributed by atoms with Gasteiger partial charge in [0, 0.05) is 6.20 Å². The molecule has 0 saturated carbocycles. The van der Waals surface area contributed by atoms with Gasteiger partial charge < -0.3 is 21.5 Å². The molecule has 0 bridgehead atoms. The molecule has 1 aromatic rings. The molecule has 0 aliphatic heterocycles. The number of nitrogens with zero attached hydrogens (tertiary/aromatic N) is 1. The van der Waals surface area contributed by atoms with Crippen molar-refractivity contribution in [1.82, 2.24) is 10.3 Å².